The lowest BCUT2D eigenvalue weighted by Crippen LogP contribution is -2.38. The molecule has 0 spiro atoms. The maximum absolute atomic E-state index is 10.9. The highest BCUT2D eigenvalue weighted by atomic mass is 35.5. The average Bonchev–Trinajstić information content (AvgIpc) is 2.65. The molecule has 1 aliphatic rings. The molecular weight excluding hydrogens is 301 g/mol. The van der Waals surface area contributed by atoms with Crippen LogP contribution in [0.4, 0.5) is 4.79 Å². The third-order valence-electron chi connectivity index (χ3n) is 3.22. The topological polar surface area (TPSA) is 76.4 Å². The Hall–Kier alpha value is -1.01. The van der Waals surface area contributed by atoms with Crippen molar-refractivity contribution in [3.8, 4) is 0 Å². The van der Waals surface area contributed by atoms with Gasteiger partial charge in [0, 0.05) is 25.6 Å². The second kappa shape index (κ2) is 7.13. The van der Waals surface area contributed by atoms with Gasteiger partial charge in [0.2, 0.25) is 0 Å². The molecule has 2 rings (SSSR count). The molecule has 0 bridgehead atoms. The van der Waals surface area contributed by atoms with Crippen LogP contribution < -0.4 is 16.4 Å². The first-order valence-electron chi connectivity index (χ1n) is 6.38. The molecule has 5 nitrogen and oxygen atoms in total. The molecule has 2 atom stereocenters. The fraction of sp³-hybridized carbons (Fsp3) is 0.462. The predicted octanol–water partition coefficient (Wildman–Crippen LogP) is 1.94. The van der Waals surface area contributed by atoms with Crippen LogP contribution in [0.2, 0.25) is 10.0 Å². The molecule has 0 saturated carbocycles. The number of hydrogen-bond acceptors (Lipinski definition) is 3. The van der Waals surface area contributed by atoms with Crippen molar-refractivity contribution in [3.63, 3.8) is 0 Å². The van der Waals surface area contributed by atoms with Crippen LogP contribution in [-0.4, -0.2) is 32.3 Å². The number of primary amides is 1. The number of ether oxygens (including phenoxy) is 1. The number of nitrogens with one attached hydrogen (secondary N) is 2. The first-order valence-corrected chi connectivity index (χ1v) is 7.14. The van der Waals surface area contributed by atoms with Crippen molar-refractivity contribution in [3.05, 3.63) is 33.8 Å². The molecule has 1 unspecified atom stereocenters. The molecule has 2 amide bonds. The van der Waals surface area contributed by atoms with Crippen molar-refractivity contribution in [1.29, 1.82) is 0 Å². The predicted molar refractivity (Wildman–Crippen MR) is 79.1 cm³/mol. The summed E-state index contributed by atoms with van der Waals surface area (Å²) in [7, 11) is 0. The number of carbonyl (C=O) groups excluding carboxylic acids is 1. The standard InChI is InChI=1S/C13H17Cl2N3O2/c14-10-2-1-8(5-11(10)15)12-9(7-18-13(16)19)6-17-3-4-20-12/h1-2,5,9,12,17H,3-4,6-7H2,(H3,16,18,19)/t9-,12?/m1/s1. The van der Waals surface area contributed by atoms with E-state index in [-0.39, 0.29) is 12.0 Å². The number of benzene rings is 1. The summed E-state index contributed by atoms with van der Waals surface area (Å²) in [4.78, 5) is 10.9. The summed E-state index contributed by atoms with van der Waals surface area (Å²) in [5, 5.41) is 6.90. The van der Waals surface area contributed by atoms with Crippen molar-refractivity contribution >= 4 is 29.2 Å². The van der Waals surface area contributed by atoms with E-state index in [4.69, 9.17) is 33.7 Å². The van der Waals surface area contributed by atoms with Crippen molar-refractivity contribution in [2.45, 2.75) is 6.10 Å². The van der Waals surface area contributed by atoms with Crippen LogP contribution in [0.15, 0.2) is 18.2 Å². The molecule has 110 valence electrons. The molecule has 0 aliphatic carbocycles. The van der Waals surface area contributed by atoms with Gasteiger partial charge in [-0.25, -0.2) is 4.79 Å². The van der Waals surface area contributed by atoms with Crippen LogP contribution >= 0.6 is 23.2 Å². The van der Waals surface area contributed by atoms with Gasteiger partial charge in [0.15, 0.2) is 0 Å². The van der Waals surface area contributed by atoms with Gasteiger partial charge in [-0.1, -0.05) is 29.3 Å². The minimum absolute atomic E-state index is 0.0715. The lowest BCUT2D eigenvalue weighted by Gasteiger charge is -2.25. The van der Waals surface area contributed by atoms with E-state index in [1.165, 1.54) is 0 Å². The van der Waals surface area contributed by atoms with Gasteiger partial charge < -0.3 is 21.1 Å². The van der Waals surface area contributed by atoms with E-state index in [1.807, 2.05) is 6.07 Å². The smallest absolute Gasteiger partial charge is 0.312 e. The first kappa shape index (κ1) is 15.4. The second-order valence-electron chi connectivity index (χ2n) is 4.67. The minimum atomic E-state index is -0.540. The summed E-state index contributed by atoms with van der Waals surface area (Å²) in [5.74, 6) is 0.0715. The molecule has 0 radical (unpaired) electrons. The number of nitrogens with two attached hydrogens (primary N) is 1. The number of carbonyl (C=O) groups is 1. The van der Waals surface area contributed by atoms with Crippen LogP contribution in [0, 0.1) is 5.92 Å². The van der Waals surface area contributed by atoms with E-state index in [0.717, 1.165) is 18.7 Å². The molecule has 7 heteroatoms. The lowest BCUT2D eigenvalue weighted by atomic mass is 9.95. The van der Waals surface area contributed by atoms with Crippen LogP contribution in [0.3, 0.4) is 0 Å². The van der Waals surface area contributed by atoms with E-state index in [9.17, 15) is 4.79 Å². The monoisotopic (exact) mass is 317 g/mol. The number of hydrogen-bond donors (Lipinski definition) is 3. The summed E-state index contributed by atoms with van der Waals surface area (Å²) in [6.07, 6.45) is -0.161. The molecule has 1 heterocycles. The highest BCUT2D eigenvalue weighted by molar-refractivity contribution is 6.42. The second-order valence-corrected chi connectivity index (χ2v) is 5.49. The minimum Gasteiger partial charge on any atom is -0.372 e. The lowest BCUT2D eigenvalue weighted by molar-refractivity contribution is 0.0316. The molecule has 20 heavy (non-hydrogen) atoms. The molecule has 1 fully saturated rings. The van der Waals surface area contributed by atoms with Crippen molar-refractivity contribution in [2.75, 3.05) is 26.2 Å². The Morgan fingerprint density at radius 2 is 2.25 bits per heavy atom. The third-order valence-corrected chi connectivity index (χ3v) is 3.96. The SMILES string of the molecule is NC(=O)NC[C@H]1CNCCOC1c1ccc(Cl)c(Cl)c1. The van der Waals surface area contributed by atoms with Crippen LogP contribution in [-0.2, 0) is 4.74 Å². The fourth-order valence-corrected chi connectivity index (χ4v) is 2.56. The molecule has 1 aromatic rings. The first-order chi connectivity index (χ1) is 9.58. The number of amides is 2. The van der Waals surface area contributed by atoms with Crippen molar-refractivity contribution in [1.82, 2.24) is 10.6 Å². The molecule has 1 saturated heterocycles. The summed E-state index contributed by atoms with van der Waals surface area (Å²) >= 11 is 12.0. The van der Waals surface area contributed by atoms with E-state index >= 15 is 0 Å². The van der Waals surface area contributed by atoms with Gasteiger partial charge >= 0.3 is 6.03 Å². The Bertz CT molecular complexity index is 485. The summed E-state index contributed by atoms with van der Waals surface area (Å²) in [5.41, 5.74) is 6.07. The van der Waals surface area contributed by atoms with Gasteiger partial charge in [-0.15, -0.1) is 0 Å². The quantitative estimate of drug-likeness (QED) is 0.797. The molecule has 1 aromatic carbocycles. The van der Waals surface area contributed by atoms with Gasteiger partial charge in [0.05, 0.1) is 22.8 Å². The number of halogens is 2. The maximum atomic E-state index is 10.9. The van der Waals surface area contributed by atoms with E-state index < -0.39 is 6.03 Å². The highest BCUT2D eigenvalue weighted by Crippen LogP contribution is 2.31. The molecule has 4 N–H and O–H groups in total. The Kier molecular flexibility index (Phi) is 5.48. The zero-order valence-electron chi connectivity index (χ0n) is 10.9. The van der Waals surface area contributed by atoms with E-state index in [2.05, 4.69) is 10.6 Å². The van der Waals surface area contributed by atoms with Gasteiger partial charge in [-0.3, -0.25) is 0 Å². The van der Waals surface area contributed by atoms with Gasteiger partial charge in [0.25, 0.3) is 0 Å². The Labute approximate surface area is 127 Å². The Morgan fingerprint density at radius 3 is 2.95 bits per heavy atom. The van der Waals surface area contributed by atoms with Crippen LogP contribution in [0.1, 0.15) is 11.7 Å². The number of rotatable bonds is 3. The maximum Gasteiger partial charge on any atom is 0.312 e. The van der Waals surface area contributed by atoms with Gasteiger partial charge in [-0.05, 0) is 17.7 Å². The van der Waals surface area contributed by atoms with Crippen molar-refractivity contribution < 1.29 is 9.53 Å². The summed E-state index contributed by atoms with van der Waals surface area (Å²) in [6.45, 7) is 2.53. The van der Waals surface area contributed by atoms with E-state index in [0.29, 0.717) is 23.2 Å². The summed E-state index contributed by atoms with van der Waals surface area (Å²) < 4.78 is 5.87. The molecule has 0 aromatic heterocycles. The summed E-state index contributed by atoms with van der Waals surface area (Å²) in [6, 6.07) is 4.90. The molecule has 1 aliphatic heterocycles. The van der Waals surface area contributed by atoms with E-state index in [1.54, 1.807) is 12.1 Å². The zero-order valence-corrected chi connectivity index (χ0v) is 12.4. The Morgan fingerprint density at radius 1 is 1.45 bits per heavy atom. The third kappa shape index (κ3) is 3.99. The molecular formula is C13H17Cl2N3O2. The van der Waals surface area contributed by atoms with Gasteiger partial charge in [-0.2, -0.15) is 0 Å². The largest absolute Gasteiger partial charge is 0.372 e. The number of urea groups is 1. The average molecular weight is 318 g/mol. The van der Waals surface area contributed by atoms with Crippen LogP contribution in [0.5, 0.6) is 0 Å². The van der Waals surface area contributed by atoms with Crippen molar-refractivity contribution in [2.24, 2.45) is 11.7 Å². The zero-order chi connectivity index (χ0) is 14.5. The highest BCUT2D eigenvalue weighted by Gasteiger charge is 2.26. The van der Waals surface area contributed by atoms with Gasteiger partial charge in [0.1, 0.15) is 0 Å². The Balaban J connectivity index is 2.18. The normalized spacial score (nSPS) is 23.1. The van der Waals surface area contributed by atoms with Crippen LogP contribution in [0.25, 0.3) is 0 Å². The fourth-order valence-electron chi connectivity index (χ4n) is 2.26.